The molecular weight excluding hydrogens is 206 g/mol. The third-order valence-electron chi connectivity index (χ3n) is 3.22. The Kier molecular flexibility index (Phi) is 5.83. The molecule has 0 bridgehead atoms. The van der Waals surface area contributed by atoms with Crippen molar-refractivity contribution in [1.29, 1.82) is 0 Å². The summed E-state index contributed by atoms with van der Waals surface area (Å²) >= 11 is 0. The van der Waals surface area contributed by atoms with Crippen molar-refractivity contribution in [2.24, 2.45) is 11.8 Å². The lowest BCUT2D eigenvalue weighted by molar-refractivity contribution is 0.240. The van der Waals surface area contributed by atoms with E-state index >= 15 is 0 Å². The van der Waals surface area contributed by atoms with Crippen molar-refractivity contribution in [1.82, 2.24) is 5.32 Å². The molecule has 1 aliphatic carbocycles. The summed E-state index contributed by atoms with van der Waals surface area (Å²) in [5.74, 6) is 2.57. The summed E-state index contributed by atoms with van der Waals surface area (Å²) in [5, 5.41) is 3.60. The Balaban J connectivity index is 2.12. The van der Waals surface area contributed by atoms with Gasteiger partial charge >= 0.3 is 0 Å². The Morgan fingerprint density at radius 2 is 1.80 bits per heavy atom. The lowest BCUT2D eigenvalue weighted by Gasteiger charge is -2.32. The van der Waals surface area contributed by atoms with E-state index in [1.54, 1.807) is 6.26 Å². The number of rotatable bonds is 5. The van der Waals surface area contributed by atoms with E-state index in [9.17, 15) is 4.21 Å². The molecule has 3 atom stereocenters. The van der Waals surface area contributed by atoms with Crippen LogP contribution in [0.5, 0.6) is 0 Å². The Hall–Kier alpha value is 0.110. The van der Waals surface area contributed by atoms with Gasteiger partial charge in [-0.25, -0.2) is 0 Å². The first-order chi connectivity index (χ1) is 7.08. The monoisotopic (exact) mass is 231 g/mol. The van der Waals surface area contributed by atoms with E-state index in [0.717, 1.165) is 30.6 Å². The first-order valence-corrected chi connectivity index (χ1v) is 7.84. The van der Waals surface area contributed by atoms with Gasteiger partial charge in [0.25, 0.3) is 0 Å². The van der Waals surface area contributed by atoms with Crippen LogP contribution in [0.1, 0.15) is 39.5 Å². The molecule has 0 heterocycles. The smallest absolute Gasteiger partial charge is 0.0244 e. The van der Waals surface area contributed by atoms with E-state index < -0.39 is 10.8 Å². The van der Waals surface area contributed by atoms with Gasteiger partial charge in [-0.3, -0.25) is 4.21 Å². The van der Waals surface area contributed by atoms with Crippen LogP contribution in [0, 0.1) is 11.8 Å². The summed E-state index contributed by atoms with van der Waals surface area (Å²) in [7, 11) is -0.626. The topological polar surface area (TPSA) is 29.1 Å². The molecule has 1 rings (SSSR count). The van der Waals surface area contributed by atoms with Crippen LogP contribution in [-0.2, 0) is 10.8 Å². The van der Waals surface area contributed by atoms with Crippen molar-refractivity contribution in [2.75, 3.05) is 18.6 Å². The molecule has 0 radical (unpaired) electrons. The minimum absolute atomic E-state index is 0.626. The van der Waals surface area contributed by atoms with Gasteiger partial charge in [0, 0.05) is 28.9 Å². The SMILES string of the molecule is CC1CC(C)CC(NCCCS(C)=O)C1. The van der Waals surface area contributed by atoms with E-state index in [1.807, 2.05) is 0 Å². The summed E-state index contributed by atoms with van der Waals surface area (Å²) in [6.45, 7) is 5.74. The molecule has 1 fully saturated rings. The van der Waals surface area contributed by atoms with Gasteiger partial charge in [0.1, 0.15) is 0 Å². The zero-order valence-electron chi connectivity index (χ0n) is 10.3. The zero-order valence-corrected chi connectivity index (χ0v) is 11.1. The van der Waals surface area contributed by atoms with E-state index in [-0.39, 0.29) is 0 Å². The fourth-order valence-electron chi connectivity index (χ4n) is 2.70. The van der Waals surface area contributed by atoms with Crippen LogP contribution in [0.2, 0.25) is 0 Å². The average Bonchev–Trinajstić information content (AvgIpc) is 2.10. The molecule has 1 N–H and O–H groups in total. The van der Waals surface area contributed by atoms with Crippen LogP contribution in [0.3, 0.4) is 0 Å². The average molecular weight is 231 g/mol. The van der Waals surface area contributed by atoms with Gasteiger partial charge < -0.3 is 5.32 Å². The largest absolute Gasteiger partial charge is 0.314 e. The number of hydrogen-bond acceptors (Lipinski definition) is 2. The molecule has 1 aliphatic rings. The summed E-state index contributed by atoms with van der Waals surface area (Å²) in [4.78, 5) is 0. The molecule has 0 aromatic heterocycles. The Morgan fingerprint density at radius 1 is 1.20 bits per heavy atom. The van der Waals surface area contributed by atoms with Crippen molar-refractivity contribution in [3.05, 3.63) is 0 Å². The molecule has 3 unspecified atom stereocenters. The third-order valence-corrected chi connectivity index (χ3v) is 4.08. The van der Waals surface area contributed by atoms with Gasteiger partial charge in [0.2, 0.25) is 0 Å². The third kappa shape index (κ3) is 5.67. The molecule has 0 aliphatic heterocycles. The predicted octanol–water partition coefficient (Wildman–Crippen LogP) is 2.17. The first kappa shape index (κ1) is 13.2. The fraction of sp³-hybridized carbons (Fsp3) is 1.00. The lowest BCUT2D eigenvalue weighted by Crippen LogP contribution is -2.37. The minimum Gasteiger partial charge on any atom is -0.314 e. The van der Waals surface area contributed by atoms with E-state index in [4.69, 9.17) is 0 Å². The van der Waals surface area contributed by atoms with Crippen molar-refractivity contribution in [3.8, 4) is 0 Å². The Labute approximate surface area is 96.7 Å². The highest BCUT2D eigenvalue weighted by Gasteiger charge is 2.22. The van der Waals surface area contributed by atoms with E-state index in [1.165, 1.54) is 19.3 Å². The predicted molar refractivity (Wildman–Crippen MR) is 67.5 cm³/mol. The van der Waals surface area contributed by atoms with Gasteiger partial charge in [0.15, 0.2) is 0 Å². The molecule has 15 heavy (non-hydrogen) atoms. The van der Waals surface area contributed by atoms with Crippen molar-refractivity contribution >= 4 is 10.8 Å². The maximum absolute atomic E-state index is 10.9. The maximum atomic E-state index is 10.9. The van der Waals surface area contributed by atoms with Crippen LogP contribution >= 0.6 is 0 Å². The molecular formula is C12H25NOS. The van der Waals surface area contributed by atoms with Gasteiger partial charge in [-0.2, -0.15) is 0 Å². The van der Waals surface area contributed by atoms with Crippen molar-refractivity contribution < 1.29 is 4.21 Å². The summed E-state index contributed by atoms with van der Waals surface area (Å²) in [6, 6.07) is 0.703. The van der Waals surface area contributed by atoms with Crippen LogP contribution in [-0.4, -0.2) is 28.8 Å². The second-order valence-electron chi connectivity index (χ2n) is 5.20. The molecule has 0 spiro atoms. The van der Waals surface area contributed by atoms with Gasteiger partial charge in [-0.05, 0) is 44.1 Å². The minimum atomic E-state index is -0.626. The molecule has 1 saturated carbocycles. The highest BCUT2D eigenvalue weighted by Crippen LogP contribution is 2.28. The van der Waals surface area contributed by atoms with Crippen LogP contribution in [0.15, 0.2) is 0 Å². The Morgan fingerprint density at radius 3 is 2.33 bits per heavy atom. The number of hydrogen-bond donors (Lipinski definition) is 1. The second kappa shape index (κ2) is 6.64. The summed E-state index contributed by atoms with van der Waals surface area (Å²) < 4.78 is 10.9. The van der Waals surface area contributed by atoms with Gasteiger partial charge in [-0.1, -0.05) is 13.8 Å². The van der Waals surface area contributed by atoms with Gasteiger partial charge in [0.05, 0.1) is 0 Å². The molecule has 0 aromatic carbocycles. The quantitative estimate of drug-likeness (QED) is 0.735. The maximum Gasteiger partial charge on any atom is 0.0244 e. The summed E-state index contributed by atoms with van der Waals surface area (Å²) in [5.41, 5.74) is 0. The molecule has 0 amide bonds. The van der Waals surface area contributed by atoms with Crippen LogP contribution < -0.4 is 5.32 Å². The highest BCUT2D eigenvalue weighted by molar-refractivity contribution is 7.84. The number of nitrogens with one attached hydrogen (secondary N) is 1. The van der Waals surface area contributed by atoms with E-state index in [2.05, 4.69) is 19.2 Å². The van der Waals surface area contributed by atoms with Gasteiger partial charge in [-0.15, -0.1) is 0 Å². The fourth-order valence-corrected chi connectivity index (χ4v) is 3.25. The van der Waals surface area contributed by atoms with Crippen molar-refractivity contribution in [2.45, 2.75) is 45.6 Å². The Bertz CT molecular complexity index is 198. The molecule has 0 aromatic rings. The summed E-state index contributed by atoms with van der Waals surface area (Å²) in [6.07, 6.45) is 6.85. The molecule has 3 heteroatoms. The molecule has 2 nitrogen and oxygen atoms in total. The van der Waals surface area contributed by atoms with Crippen molar-refractivity contribution in [3.63, 3.8) is 0 Å². The second-order valence-corrected chi connectivity index (χ2v) is 6.75. The highest BCUT2D eigenvalue weighted by atomic mass is 32.2. The van der Waals surface area contributed by atoms with E-state index in [0.29, 0.717) is 6.04 Å². The normalized spacial score (nSPS) is 33.9. The lowest BCUT2D eigenvalue weighted by atomic mass is 9.80. The molecule has 0 saturated heterocycles. The zero-order chi connectivity index (χ0) is 11.3. The van der Waals surface area contributed by atoms with Crippen LogP contribution in [0.4, 0.5) is 0 Å². The van der Waals surface area contributed by atoms with Crippen LogP contribution in [0.25, 0.3) is 0 Å². The standard InChI is InChI=1S/C12H25NOS/c1-10-7-11(2)9-12(8-10)13-5-4-6-15(3)14/h10-13H,4-9H2,1-3H3. The molecule has 90 valence electrons. The first-order valence-electron chi connectivity index (χ1n) is 6.11.